The largest absolute Gasteiger partial charge is 0.323 e. The number of nitrogens with zero attached hydrogens (tertiary/aromatic N) is 4. The van der Waals surface area contributed by atoms with Crippen LogP contribution in [-0.4, -0.2) is 25.0 Å². The maximum Gasteiger partial charge on any atom is 0.268 e. The molecule has 0 aliphatic carbocycles. The molecule has 0 bridgehead atoms. The van der Waals surface area contributed by atoms with Crippen molar-refractivity contribution in [2.24, 2.45) is 5.73 Å². The molecular formula is C13H16N6OS. The van der Waals surface area contributed by atoms with Crippen LogP contribution in [-0.2, 0) is 6.54 Å². The Hall–Kier alpha value is -2.06. The van der Waals surface area contributed by atoms with Crippen molar-refractivity contribution in [3.05, 3.63) is 39.5 Å². The minimum Gasteiger partial charge on any atom is -0.323 e. The summed E-state index contributed by atoms with van der Waals surface area (Å²) in [6.45, 7) is 2.45. The van der Waals surface area contributed by atoms with Crippen molar-refractivity contribution in [1.29, 1.82) is 0 Å². The summed E-state index contributed by atoms with van der Waals surface area (Å²) in [5, 5.41) is 9.97. The number of thiophene rings is 1. The van der Waals surface area contributed by atoms with Crippen molar-refractivity contribution in [2.45, 2.75) is 32.4 Å². The maximum absolute atomic E-state index is 11.9. The second-order valence-corrected chi connectivity index (χ2v) is 5.80. The van der Waals surface area contributed by atoms with E-state index < -0.39 is 0 Å². The van der Waals surface area contributed by atoms with E-state index in [1.54, 1.807) is 10.9 Å². The Morgan fingerprint density at radius 1 is 1.52 bits per heavy atom. The molecule has 0 fully saturated rings. The van der Waals surface area contributed by atoms with Crippen LogP contribution in [0.4, 0.5) is 0 Å². The van der Waals surface area contributed by atoms with Crippen LogP contribution < -0.4 is 11.3 Å². The van der Waals surface area contributed by atoms with E-state index in [9.17, 15) is 4.79 Å². The molecule has 3 aromatic rings. The van der Waals surface area contributed by atoms with Crippen molar-refractivity contribution in [3.8, 4) is 0 Å². The fourth-order valence-electron chi connectivity index (χ4n) is 2.17. The lowest BCUT2D eigenvalue weighted by Gasteiger charge is -2.04. The van der Waals surface area contributed by atoms with Crippen LogP contribution in [0, 0.1) is 0 Å². The van der Waals surface area contributed by atoms with Crippen molar-refractivity contribution in [3.63, 3.8) is 0 Å². The van der Waals surface area contributed by atoms with Crippen LogP contribution in [0.2, 0.25) is 0 Å². The monoisotopic (exact) mass is 304 g/mol. The third kappa shape index (κ3) is 2.86. The van der Waals surface area contributed by atoms with Gasteiger partial charge in [-0.15, -0.1) is 16.4 Å². The number of aromatic nitrogens is 5. The van der Waals surface area contributed by atoms with Gasteiger partial charge in [0.05, 0.1) is 23.4 Å². The van der Waals surface area contributed by atoms with E-state index in [1.807, 2.05) is 11.4 Å². The Kier molecular flexibility index (Phi) is 3.80. The van der Waals surface area contributed by atoms with Crippen molar-refractivity contribution in [2.75, 3.05) is 0 Å². The predicted molar refractivity (Wildman–Crippen MR) is 81.2 cm³/mol. The minimum absolute atomic E-state index is 0.102. The van der Waals surface area contributed by atoms with E-state index >= 15 is 0 Å². The van der Waals surface area contributed by atoms with E-state index in [2.05, 4.69) is 27.2 Å². The lowest BCUT2D eigenvalue weighted by molar-refractivity contribution is 0.614. The summed E-state index contributed by atoms with van der Waals surface area (Å²) < 4.78 is 2.28. The number of hydrogen-bond acceptors (Lipinski definition) is 6. The van der Waals surface area contributed by atoms with Crippen molar-refractivity contribution < 1.29 is 0 Å². The van der Waals surface area contributed by atoms with Crippen LogP contribution in [0.1, 0.15) is 37.3 Å². The third-order valence-corrected chi connectivity index (χ3v) is 4.11. The Labute approximate surface area is 124 Å². The smallest absolute Gasteiger partial charge is 0.268 e. The molecule has 8 heteroatoms. The number of H-pyrrole nitrogens is 1. The van der Waals surface area contributed by atoms with Gasteiger partial charge >= 0.3 is 0 Å². The van der Waals surface area contributed by atoms with Gasteiger partial charge < -0.3 is 10.7 Å². The van der Waals surface area contributed by atoms with Gasteiger partial charge in [-0.05, 0) is 17.9 Å². The average molecular weight is 304 g/mol. The average Bonchev–Trinajstić information content (AvgIpc) is 3.08. The molecule has 1 atom stereocenters. The Bertz CT molecular complexity index is 804. The molecule has 0 radical (unpaired) electrons. The Morgan fingerprint density at radius 3 is 3.19 bits per heavy atom. The molecule has 21 heavy (non-hydrogen) atoms. The van der Waals surface area contributed by atoms with Gasteiger partial charge in [-0.3, -0.25) is 4.79 Å². The highest BCUT2D eigenvalue weighted by atomic mass is 32.1. The highest BCUT2D eigenvalue weighted by Gasteiger charge is 2.11. The van der Waals surface area contributed by atoms with E-state index in [-0.39, 0.29) is 11.6 Å². The summed E-state index contributed by atoms with van der Waals surface area (Å²) in [4.78, 5) is 19.1. The number of nitrogens with two attached hydrogens (primary N) is 1. The van der Waals surface area contributed by atoms with Crippen LogP contribution in [0.3, 0.4) is 0 Å². The van der Waals surface area contributed by atoms with E-state index in [0.717, 1.165) is 18.5 Å². The molecular weight excluding hydrogens is 288 g/mol. The van der Waals surface area contributed by atoms with Crippen LogP contribution >= 0.6 is 11.3 Å². The SMILES string of the molecule is CCCC(N)c1cn(Cc2nc3ccsc3c(=O)[nH]2)nn1. The van der Waals surface area contributed by atoms with Gasteiger partial charge in [0.25, 0.3) is 5.56 Å². The fraction of sp³-hybridized carbons (Fsp3) is 0.385. The quantitative estimate of drug-likeness (QED) is 0.742. The highest BCUT2D eigenvalue weighted by Crippen LogP contribution is 2.15. The maximum atomic E-state index is 11.9. The lowest BCUT2D eigenvalue weighted by atomic mass is 10.1. The number of rotatable bonds is 5. The van der Waals surface area contributed by atoms with Gasteiger partial charge in [0.1, 0.15) is 17.1 Å². The molecule has 3 rings (SSSR count). The molecule has 0 aliphatic rings. The van der Waals surface area contributed by atoms with E-state index in [0.29, 0.717) is 22.6 Å². The normalized spacial score (nSPS) is 12.9. The first kappa shape index (κ1) is 13.9. The molecule has 7 nitrogen and oxygen atoms in total. The molecule has 3 heterocycles. The molecule has 0 saturated carbocycles. The van der Waals surface area contributed by atoms with Gasteiger partial charge in [0.15, 0.2) is 0 Å². The minimum atomic E-state index is -0.118. The zero-order valence-corrected chi connectivity index (χ0v) is 12.4. The molecule has 0 aliphatic heterocycles. The predicted octanol–water partition coefficient (Wildman–Crippen LogP) is 1.42. The highest BCUT2D eigenvalue weighted by molar-refractivity contribution is 7.17. The summed E-state index contributed by atoms with van der Waals surface area (Å²) in [5.41, 5.74) is 7.36. The van der Waals surface area contributed by atoms with Crippen LogP contribution in [0.25, 0.3) is 10.2 Å². The first-order chi connectivity index (χ1) is 10.2. The van der Waals surface area contributed by atoms with Gasteiger partial charge in [0, 0.05) is 0 Å². The molecule has 0 saturated heterocycles. The van der Waals surface area contributed by atoms with Crippen molar-refractivity contribution in [1.82, 2.24) is 25.0 Å². The zero-order valence-electron chi connectivity index (χ0n) is 11.6. The summed E-state index contributed by atoms with van der Waals surface area (Å²) in [6, 6.07) is 1.73. The third-order valence-electron chi connectivity index (χ3n) is 3.21. The fourth-order valence-corrected chi connectivity index (χ4v) is 2.89. The summed E-state index contributed by atoms with van der Waals surface area (Å²) in [5.74, 6) is 0.561. The molecule has 110 valence electrons. The van der Waals surface area contributed by atoms with Crippen molar-refractivity contribution >= 4 is 21.6 Å². The number of hydrogen-bond donors (Lipinski definition) is 2. The van der Waals surface area contributed by atoms with Crippen LogP contribution in [0.5, 0.6) is 0 Å². The zero-order chi connectivity index (χ0) is 14.8. The van der Waals surface area contributed by atoms with Gasteiger partial charge in [0.2, 0.25) is 0 Å². The van der Waals surface area contributed by atoms with Crippen LogP contribution in [0.15, 0.2) is 22.4 Å². The molecule has 3 aromatic heterocycles. The first-order valence-corrected chi connectivity index (χ1v) is 7.67. The molecule has 0 aromatic carbocycles. The molecule has 1 unspecified atom stereocenters. The standard InChI is InChI=1S/C13H16N6OS/c1-2-3-8(14)10-6-19(18-17-10)7-11-15-9-4-5-21-12(9)13(20)16-11/h4-6,8H,2-3,7,14H2,1H3,(H,15,16,20). The first-order valence-electron chi connectivity index (χ1n) is 6.79. The topological polar surface area (TPSA) is 102 Å². The molecule has 0 spiro atoms. The van der Waals surface area contributed by atoms with E-state index in [4.69, 9.17) is 5.73 Å². The Morgan fingerprint density at radius 2 is 2.38 bits per heavy atom. The number of fused-ring (bicyclic) bond motifs is 1. The molecule has 0 amide bonds. The second-order valence-electron chi connectivity index (χ2n) is 4.88. The van der Waals surface area contributed by atoms with Gasteiger partial charge in [-0.1, -0.05) is 18.6 Å². The van der Waals surface area contributed by atoms with Gasteiger partial charge in [-0.2, -0.15) is 0 Å². The summed E-state index contributed by atoms with van der Waals surface area (Å²) in [6.07, 6.45) is 3.67. The number of aromatic amines is 1. The van der Waals surface area contributed by atoms with E-state index in [1.165, 1.54) is 11.3 Å². The summed E-state index contributed by atoms with van der Waals surface area (Å²) in [7, 11) is 0. The lowest BCUT2D eigenvalue weighted by Crippen LogP contribution is -2.13. The second kappa shape index (κ2) is 5.74. The molecule has 3 N–H and O–H groups in total. The summed E-state index contributed by atoms with van der Waals surface area (Å²) >= 11 is 1.38. The Balaban J connectivity index is 1.83. The number of nitrogens with one attached hydrogen (secondary N) is 1. The van der Waals surface area contributed by atoms with Gasteiger partial charge in [-0.25, -0.2) is 9.67 Å².